The Kier molecular flexibility index (Phi) is 8.96. The number of carbonyl (C=O) groups excluding carboxylic acids is 1. The van der Waals surface area contributed by atoms with E-state index in [1.807, 2.05) is 32.1 Å². The number of hydrogen-bond acceptors (Lipinski definition) is 3. The molecule has 3 nitrogen and oxygen atoms in total. The molecule has 1 aliphatic heterocycles. The molecule has 1 saturated heterocycles. The third-order valence-electron chi connectivity index (χ3n) is 2.11. The Labute approximate surface area is 103 Å². The maximum Gasteiger partial charge on any atom is 0.309 e. The third-order valence-corrected chi connectivity index (χ3v) is 2.24. The van der Waals surface area contributed by atoms with Gasteiger partial charge in [-0.05, 0) is 32.9 Å². The van der Waals surface area contributed by atoms with E-state index in [0.29, 0.717) is 0 Å². The lowest BCUT2D eigenvalue weighted by Crippen LogP contribution is -2.18. The van der Waals surface area contributed by atoms with Gasteiger partial charge in [0, 0.05) is 11.6 Å². The van der Waals surface area contributed by atoms with Gasteiger partial charge in [0.15, 0.2) is 0 Å². The summed E-state index contributed by atoms with van der Waals surface area (Å²) >= 11 is 5.47. The molecule has 0 aromatic carbocycles. The van der Waals surface area contributed by atoms with E-state index in [1.54, 1.807) is 0 Å². The Morgan fingerprint density at radius 1 is 1.56 bits per heavy atom. The number of allylic oxidation sites excluding steroid dienone is 4. The predicted octanol–water partition coefficient (Wildman–Crippen LogP) is 2.47. The van der Waals surface area contributed by atoms with Gasteiger partial charge in [0.2, 0.25) is 0 Å². The largest absolute Gasteiger partial charge is 0.469 e. The Bertz CT molecular complexity index is 252. The lowest BCUT2D eigenvalue weighted by Gasteiger charge is -2.02. The van der Waals surface area contributed by atoms with Crippen LogP contribution in [0.3, 0.4) is 0 Å². The standard InChI is InChI=1S/C6H9Cl.C6H11NO2/c1-3-4-5-6(2)7;1-9-6(8)5-2-3-7-4-5/h3-5H,1-2H3;5,7H,2-4H2,1H3/b4-3-,6-5+;. The minimum absolute atomic E-state index is 0.0833. The molecule has 0 aliphatic carbocycles. The molecular weight excluding hydrogens is 226 g/mol. The topological polar surface area (TPSA) is 38.3 Å². The second kappa shape index (κ2) is 9.43. The van der Waals surface area contributed by atoms with E-state index < -0.39 is 0 Å². The molecule has 0 radical (unpaired) electrons. The molecule has 1 atom stereocenters. The first-order valence-corrected chi connectivity index (χ1v) is 5.73. The number of methoxy groups -OCH3 is 1. The highest BCUT2D eigenvalue weighted by Gasteiger charge is 2.22. The summed E-state index contributed by atoms with van der Waals surface area (Å²) in [6, 6.07) is 0. The molecule has 0 bridgehead atoms. The number of esters is 1. The van der Waals surface area contributed by atoms with Crippen molar-refractivity contribution in [1.29, 1.82) is 0 Å². The van der Waals surface area contributed by atoms with E-state index in [0.717, 1.165) is 24.5 Å². The number of nitrogens with one attached hydrogen (secondary N) is 1. The number of halogens is 1. The zero-order valence-corrected chi connectivity index (χ0v) is 10.9. The Morgan fingerprint density at radius 2 is 2.25 bits per heavy atom. The van der Waals surface area contributed by atoms with Crippen LogP contribution in [0.15, 0.2) is 23.3 Å². The molecule has 0 amide bonds. The second-order valence-corrected chi connectivity index (χ2v) is 4.09. The first-order chi connectivity index (χ1) is 7.61. The van der Waals surface area contributed by atoms with Crippen LogP contribution in [0.25, 0.3) is 0 Å². The molecule has 0 aromatic rings. The van der Waals surface area contributed by atoms with E-state index in [4.69, 9.17) is 11.6 Å². The molecule has 1 fully saturated rings. The fraction of sp³-hybridized carbons (Fsp3) is 0.583. The number of hydrogen-bond donors (Lipinski definition) is 1. The highest BCUT2D eigenvalue weighted by atomic mass is 35.5. The second-order valence-electron chi connectivity index (χ2n) is 3.49. The highest BCUT2D eigenvalue weighted by Crippen LogP contribution is 2.07. The van der Waals surface area contributed by atoms with E-state index in [-0.39, 0.29) is 11.9 Å². The van der Waals surface area contributed by atoms with Crippen LogP contribution < -0.4 is 5.32 Å². The summed E-state index contributed by atoms with van der Waals surface area (Å²) in [5, 5.41) is 3.90. The maximum absolute atomic E-state index is 10.8. The minimum Gasteiger partial charge on any atom is -0.469 e. The van der Waals surface area contributed by atoms with Gasteiger partial charge in [0.05, 0.1) is 13.0 Å². The number of ether oxygens (including phenoxy) is 1. The zero-order chi connectivity index (χ0) is 12.4. The summed E-state index contributed by atoms with van der Waals surface area (Å²) in [4.78, 5) is 10.8. The van der Waals surface area contributed by atoms with Crippen molar-refractivity contribution in [1.82, 2.24) is 5.32 Å². The molecule has 1 N–H and O–H groups in total. The van der Waals surface area contributed by atoms with E-state index >= 15 is 0 Å². The normalized spacial score (nSPS) is 20.5. The Balaban J connectivity index is 0.000000293. The summed E-state index contributed by atoms with van der Waals surface area (Å²) in [6.07, 6.45) is 6.61. The first kappa shape index (κ1) is 15.2. The molecule has 1 aliphatic rings. The Hall–Kier alpha value is -0.800. The molecule has 1 rings (SSSR count). The number of carbonyl (C=O) groups is 1. The van der Waals surface area contributed by atoms with Crippen LogP contribution in [0.2, 0.25) is 0 Å². The molecule has 16 heavy (non-hydrogen) atoms. The van der Waals surface area contributed by atoms with Crippen molar-refractivity contribution >= 4 is 17.6 Å². The molecular formula is C12H20ClNO2. The smallest absolute Gasteiger partial charge is 0.309 e. The van der Waals surface area contributed by atoms with Crippen LogP contribution in [0.1, 0.15) is 20.3 Å². The molecule has 4 heteroatoms. The van der Waals surface area contributed by atoms with Gasteiger partial charge in [0.25, 0.3) is 0 Å². The van der Waals surface area contributed by atoms with Crippen LogP contribution in [-0.4, -0.2) is 26.2 Å². The van der Waals surface area contributed by atoms with Gasteiger partial charge in [-0.1, -0.05) is 23.8 Å². The monoisotopic (exact) mass is 245 g/mol. The van der Waals surface area contributed by atoms with Crippen LogP contribution in [0, 0.1) is 5.92 Å². The van der Waals surface area contributed by atoms with Gasteiger partial charge in [-0.3, -0.25) is 4.79 Å². The van der Waals surface area contributed by atoms with Gasteiger partial charge < -0.3 is 10.1 Å². The molecule has 0 saturated carbocycles. The summed E-state index contributed by atoms with van der Waals surface area (Å²) in [5.41, 5.74) is 0. The zero-order valence-electron chi connectivity index (χ0n) is 10.1. The lowest BCUT2D eigenvalue weighted by atomic mass is 10.1. The van der Waals surface area contributed by atoms with Crippen molar-refractivity contribution < 1.29 is 9.53 Å². The van der Waals surface area contributed by atoms with Crippen molar-refractivity contribution in [3.8, 4) is 0 Å². The quantitative estimate of drug-likeness (QED) is 0.600. The van der Waals surface area contributed by atoms with Crippen molar-refractivity contribution in [2.75, 3.05) is 20.2 Å². The molecule has 0 aromatic heterocycles. The SMILES string of the molecule is C/C=C\C=C(/C)Cl.COC(=O)C1CCNC1. The molecule has 0 spiro atoms. The van der Waals surface area contributed by atoms with Crippen LogP contribution >= 0.6 is 11.6 Å². The van der Waals surface area contributed by atoms with Crippen LogP contribution in [0.4, 0.5) is 0 Å². The van der Waals surface area contributed by atoms with Gasteiger partial charge in [-0.15, -0.1) is 0 Å². The Morgan fingerprint density at radius 3 is 2.56 bits per heavy atom. The summed E-state index contributed by atoms with van der Waals surface area (Å²) < 4.78 is 4.56. The van der Waals surface area contributed by atoms with Gasteiger partial charge in [-0.25, -0.2) is 0 Å². The van der Waals surface area contributed by atoms with Crippen LogP contribution in [0.5, 0.6) is 0 Å². The van der Waals surface area contributed by atoms with Gasteiger partial charge >= 0.3 is 5.97 Å². The molecule has 1 heterocycles. The summed E-state index contributed by atoms with van der Waals surface area (Å²) in [5.74, 6) is 0.0231. The lowest BCUT2D eigenvalue weighted by molar-refractivity contribution is -0.144. The van der Waals surface area contributed by atoms with Crippen molar-refractivity contribution in [3.05, 3.63) is 23.3 Å². The fourth-order valence-corrected chi connectivity index (χ4v) is 1.32. The van der Waals surface area contributed by atoms with E-state index in [9.17, 15) is 4.79 Å². The fourth-order valence-electron chi connectivity index (χ4n) is 1.25. The van der Waals surface area contributed by atoms with Crippen molar-refractivity contribution in [2.24, 2.45) is 5.92 Å². The molecule has 1 unspecified atom stereocenters. The molecule has 92 valence electrons. The predicted molar refractivity (Wildman–Crippen MR) is 67.4 cm³/mol. The number of rotatable bonds is 2. The highest BCUT2D eigenvalue weighted by molar-refractivity contribution is 6.29. The van der Waals surface area contributed by atoms with Crippen molar-refractivity contribution in [2.45, 2.75) is 20.3 Å². The first-order valence-electron chi connectivity index (χ1n) is 5.35. The minimum atomic E-state index is -0.0833. The van der Waals surface area contributed by atoms with Crippen LogP contribution in [-0.2, 0) is 9.53 Å². The third kappa shape index (κ3) is 7.49. The summed E-state index contributed by atoms with van der Waals surface area (Å²) in [6.45, 7) is 5.53. The maximum atomic E-state index is 10.8. The summed E-state index contributed by atoms with van der Waals surface area (Å²) in [7, 11) is 1.43. The average molecular weight is 246 g/mol. The van der Waals surface area contributed by atoms with E-state index in [2.05, 4.69) is 10.1 Å². The van der Waals surface area contributed by atoms with Gasteiger partial charge in [0.1, 0.15) is 0 Å². The van der Waals surface area contributed by atoms with Gasteiger partial charge in [-0.2, -0.15) is 0 Å². The average Bonchev–Trinajstić information content (AvgIpc) is 2.79. The van der Waals surface area contributed by atoms with Crippen molar-refractivity contribution in [3.63, 3.8) is 0 Å². The van der Waals surface area contributed by atoms with E-state index in [1.165, 1.54) is 7.11 Å².